The van der Waals surface area contributed by atoms with Crippen LogP contribution in [0.2, 0.25) is 0 Å². The van der Waals surface area contributed by atoms with Crippen molar-refractivity contribution in [2.45, 2.75) is 31.6 Å². The van der Waals surface area contributed by atoms with Gasteiger partial charge in [0.2, 0.25) is 0 Å². The Labute approximate surface area is 104 Å². The van der Waals surface area contributed by atoms with E-state index < -0.39 is 0 Å². The first-order chi connectivity index (χ1) is 8.79. The van der Waals surface area contributed by atoms with Crippen LogP contribution >= 0.6 is 0 Å². The zero-order chi connectivity index (χ0) is 12.5. The zero-order valence-electron chi connectivity index (χ0n) is 9.86. The van der Waals surface area contributed by atoms with Gasteiger partial charge in [0.25, 0.3) is 0 Å². The van der Waals surface area contributed by atoms with E-state index in [1.165, 1.54) is 6.33 Å². The number of rotatable bonds is 3. The first-order valence-electron chi connectivity index (χ1n) is 5.99. The molecular formula is C11H15N5O2. The molecule has 3 N–H and O–H groups in total. The summed E-state index contributed by atoms with van der Waals surface area (Å²) in [6.45, 7) is 0.150. The number of anilines is 1. The van der Waals surface area contributed by atoms with Crippen molar-refractivity contribution in [3.63, 3.8) is 0 Å². The second-order valence-corrected chi connectivity index (χ2v) is 4.39. The Balaban J connectivity index is 1.89. The van der Waals surface area contributed by atoms with E-state index in [1.807, 2.05) is 4.57 Å². The zero-order valence-corrected chi connectivity index (χ0v) is 9.86. The van der Waals surface area contributed by atoms with E-state index in [0.717, 1.165) is 12.8 Å². The average Bonchev–Trinajstić information content (AvgIpc) is 2.96. The topological polar surface area (TPSA) is 99.1 Å². The van der Waals surface area contributed by atoms with Crippen LogP contribution in [0.25, 0.3) is 11.2 Å². The average molecular weight is 249 g/mol. The van der Waals surface area contributed by atoms with Gasteiger partial charge in [-0.05, 0) is 19.3 Å². The maximum absolute atomic E-state index is 8.92. The standard InChI is InChI=1S/C11H15N5O2/c12-10-9-11(14-5-13-10)16(6-15-9)8-2-1-7(18-8)3-4-17/h5-8,17H,1-4H2,(H2,12,13,14)/t7-,8+/m0/s1. The number of nitrogen functional groups attached to an aromatic ring is 1. The highest BCUT2D eigenvalue weighted by atomic mass is 16.5. The largest absolute Gasteiger partial charge is 0.396 e. The highest BCUT2D eigenvalue weighted by Crippen LogP contribution is 2.31. The third kappa shape index (κ3) is 1.81. The number of aliphatic hydroxyl groups is 1. The van der Waals surface area contributed by atoms with Crippen LogP contribution in [0.15, 0.2) is 12.7 Å². The third-order valence-corrected chi connectivity index (χ3v) is 3.23. The van der Waals surface area contributed by atoms with Crippen molar-refractivity contribution in [2.24, 2.45) is 0 Å². The predicted octanol–water partition coefficient (Wildman–Crippen LogP) is 0.468. The molecule has 0 saturated carbocycles. The van der Waals surface area contributed by atoms with E-state index in [4.69, 9.17) is 15.6 Å². The predicted molar refractivity (Wildman–Crippen MR) is 64.6 cm³/mol. The lowest BCUT2D eigenvalue weighted by Crippen LogP contribution is -2.12. The summed E-state index contributed by atoms with van der Waals surface area (Å²) in [4.78, 5) is 12.3. The van der Waals surface area contributed by atoms with Crippen LogP contribution in [0.5, 0.6) is 0 Å². The van der Waals surface area contributed by atoms with E-state index in [2.05, 4.69) is 15.0 Å². The van der Waals surface area contributed by atoms with E-state index in [1.54, 1.807) is 6.33 Å². The van der Waals surface area contributed by atoms with Crippen molar-refractivity contribution >= 4 is 17.0 Å². The molecule has 96 valence electrons. The normalized spacial score (nSPS) is 23.8. The maximum Gasteiger partial charge on any atom is 0.167 e. The number of hydrogen-bond donors (Lipinski definition) is 2. The fourth-order valence-corrected chi connectivity index (χ4v) is 2.33. The summed E-state index contributed by atoms with van der Waals surface area (Å²) in [5.74, 6) is 0.378. The molecule has 0 bridgehead atoms. The first-order valence-corrected chi connectivity index (χ1v) is 5.99. The smallest absolute Gasteiger partial charge is 0.167 e. The minimum atomic E-state index is -0.0825. The highest BCUT2D eigenvalue weighted by molar-refractivity contribution is 5.81. The second-order valence-electron chi connectivity index (χ2n) is 4.39. The van der Waals surface area contributed by atoms with Gasteiger partial charge in [-0.2, -0.15) is 0 Å². The number of aromatic nitrogens is 4. The Hall–Kier alpha value is -1.73. The SMILES string of the molecule is Nc1ncnc2c1ncn2[C@H]1CC[C@@H](CCO)O1. The van der Waals surface area contributed by atoms with Gasteiger partial charge in [-0.25, -0.2) is 15.0 Å². The van der Waals surface area contributed by atoms with Gasteiger partial charge in [0, 0.05) is 6.61 Å². The summed E-state index contributed by atoms with van der Waals surface area (Å²) < 4.78 is 7.74. The van der Waals surface area contributed by atoms with Gasteiger partial charge in [-0.3, -0.25) is 4.57 Å². The fourth-order valence-electron chi connectivity index (χ4n) is 2.33. The molecule has 0 unspecified atom stereocenters. The molecule has 0 radical (unpaired) electrons. The summed E-state index contributed by atoms with van der Waals surface area (Å²) in [7, 11) is 0. The van der Waals surface area contributed by atoms with E-state index >= 15 is 0 Å². The summed E-state index contributed by atoms with van der Waals surface area (Å²) in [5, 5.41) is 8.92. The second kappa shape index (κ2) is 4.51. The molecule has 0 spiro atoms. The molecule has 3 rings (SSSR count). The molecule has 0 aliphatic carbocycles. The minimum absolute atomic E-state index is 0.0825. The van der Waals surface area contributed by atoms with Gasteiger partial charge in [-0.15, -0.1) is 0 Å². The van der Waals surface area contributed by atoms with Crippen molar-refractivity contribution in [3.05, 3.63) is 12.7 Å². The van der Waals surface area contributed by atoms with Crippen molar-refractivity contribution in [3.8, 4) is 0 Å². The number of fused-ring (bicyclic) bond motifs is 1. The molecular weight excluding hydrogens is 234 g/mol. The Morgan fingerprint density at radius 2 is 2.28 bits per heavy atom. The van der Waals surface area contributed by atoms with Crippen LogP contribution < -0.4 is 5.73 Å². The van der Waals surface area contributed by atoms with Crippen molar-refractivity contribution < 1.29 is 9.84 Å². The van der Waals surface area contributed by atoms with Crippen LogP contribution in [-0.2, 0) is 4.74 Å². The number of aliphatic hydroxyl groups excluding tert-OH is 1. The molecule has 1 saturated heterocycles. The Morgan fingerprint density at radius 3 is 3.11 bits per heavy atom. The van der Waals surface area contributed by atoms with Crippen LogP contribution in [-0.4, -0.2) is 37.3 Å². The summed E-state index contributed by atoms with van der Waals surface area (Å²) >= 11 is 0. The number of hydrogen-bond acceptors (Lipinski definition) is 6. The van der Waals surface area contributed by atoms with E-state index in [0.29, 0.717) is 23.4 Å². The molecule has 0 amide bonds. The molecule has 1 aliphatic rings. The molecule has 0 aromatic carbocycles. The lowest BCUT2D eigenvalue weighted by Gasteiger charge is -2.14. The number of nitrogens with two attached hydrogens (primary N) is 1. The van der Waals surface area contributed by atoms with E-state index in [-0.39, 0.29) is 18.9 Å². The molecule has 2 atom stereocenters. The lowest BCUT2D eigenvalue weighted by atomic mass is 10.2. The third-order valence-electron chi connectivity index (χ3n) is 3.23. The Kier molecular flexibility index (Phi) is 2.85. The maximum atomic E-state index is 8.92. The van der Waals surface area contributed by atoms with Gasteiger partial charge in [0.05, 0.1) is 12.4 Å². The van der Waals surface area contributed by atoms with Crippen molar-refractivity contribution in [2.75, 3.05) is 12.3 Å². The van der Waals surface area contributed by atoms with Crippen LogP contribution in [0, 0.1) is 0 Å². The highest BCUT2D eigenvalue weighted by Gasteiger charge is 2.27. The van der Waals surface area contributed by atoms with Crippen molar-refractivity contribution in [1.29, 1.82) is 0 Å². The molecule has 7 heteroatoms. The number of imidazole rings is 1. The summed E-state index contributed by atoms with van der Waals surface area (Å²) in [6.07, 6.45) is 5.63. The van der Waals surface area contributed by atoms with Gasteiger partial charge in [0.1, 0.15) is 18.1 Å². The molecule has 2 aromatic rings. The Bertz CT molecular complexity index is 555. The van der Waals surface area contributed by atoms with Crippen LogP contribution in [0.4, 0.5) is 5.82 Å². The number of ether oxygens (including phenoxy) is 1. The molecule has 1 aliphatic heterocycles. The molecule has 18 heavy (non-hydrogen) atoms. The van der Waals surface area contributed by atoms with Crippen LogP contribution in [0.1, 0.15) is 25.5 Å². The molecule has 3 heterocycles. The molecule has 2 aromatic heterocycles. The monoisotopic (exact) mass is 249 g/mol. The summed E-state index contributed by atoms with van der Waals surface area (Å²) in [6, 6.07) is 0. The van der Waals surface area contributed by atoms with Gasteiger partial charge < -0.3 is 15.6 Å². The number of nitrogens with zero attached hydrogens (tertiary/aromatic N) is 4. The fraction of sp³-hybridized carbons (Fsp3) is 0.545. The Morgan fingerprint density at radius 1 is 1.39 bits per heavy atom. The quantitative estimate of drug-likeness (QED) is 0.820. The van der Waals surface area contributed by atoms with E-state index in [9.17, 15) is 0 Å². The minimum Gasteiger partial charge on any atom is -0.396 e. The lowest BCUT2D eigenvalue weighted by molar-refractivity contribution is -0.00575. The van der Waals surface area contributed by atoms with Gasteiger partial charge >= 0.3 is 0 Å². The molecule has 1 fully saturated rings. The van der Waals surface area contributed by atoms with Crippen molar-refractivity contribution in [1.82, 2.24) is 19.5 Å². The summed E-state index contributed by atoms with van der Waals surface area (Å²) in [5.41, 5.74) is 7.04. The molecule has 7 nitrogen and oxygen atoms in total. The first kappa shape index (κ1) is 11.4. The van der Waals surface area contributed by atoms with Gasteiger partial charge in [-0.1, -0.05) is 0 Å². The van der Waals surface area contributed by atoms with Gasteiger partial charge in [0.15, 0.2) is 11.5 Å². The van der Waals surface area contributed by atoms with Crippen LogP contribution in [0.3, 0.4) is 0 Å².